The van der Waals surface area contributed by atoms with Crippen LogP contribution in [0.25, 0.3) is 0 Å². The molecule has 1 saturated carbocycles. The van der Waals surface area contributed by atoms with Gasteiger partial charge in [0.15, 0.2) is 0 Å². The first-order valence-electron chi connectivity index (χ1n) is 6.91. The lowest BCUT2D eigenvalue weighted by Crippen LogP contribution is -2.34. The number of carbonyl (C=O) groups excluding carboxylic acids is 1. The molecule has 4 heteroatoms. The third-order valence-electron chi connectivity index (χ3n) is 3.70. The van der Waals surface area contributed by atoms with Gasteiger partial charge in [0.25, 0.3) is 5.91 Å². The standard InChI is InChI=1S/C15H21FN2O/c1-3-17-14-12(8-5-9-13(14)16)15(19)18(2)10-11-6-4-7-11/h5,8-9,11,17H,3-4,6-7,10H2,1-2H3. The summed E-state index contributed by atoms with van der Waals surface area (Å²) in [6.45, 7) is 3.24. The molecule has 0 radical (unpaired) electrons. The fourth-order valence-electron chi connectivity index (χ4n) is 2.41. The molecule has 1 aliphatic rings. The van der Waals surface area contributed by atoms with E-state index in [-0.39, 0.29) is 11.7 Å². The van der Waals surface area contributed by atoms with Gasteiger partial charge in [0.05, 0.1) is 11.3 Å². The molecule has 1 aliphatic carbocycles. The fourth-order valence-corrected chi connectivity index (χ4v) is 2.41. The van der Waals surface area contributed by atoms with Crippen molar-refractivity contribution in [2.24, 2.45) is 5.92 Å². The van der Waals surface area contributed by atoms with Gasteiger partial charge in [0.2, 0.25) is 0 Å². The largest absolute Gasteiger partial charge is 0.382 e. The summed E-state index contributed by atoms with van der Waals surface area (Å²) in [5.41, 5.74) is 0.735. The Balaban J connectivity index is 2.14. The Morgan fingerprint density at radius 2 is 2.21 bits per heavy atom. The molecule has 0 aliphatic heterocycles. The lowest BCUT2D eigenvalue weighted by Gasteiger charge is -2.30. The number of rotatable bonds is 5. The topological polar surface area (TPSA) is 32.3 Å². The first-order chi connectivity index (χ1) is 9.13. The molecule has 1 fully saturated rings. The molecule has 0 spiro atoms. The summed E-state index contributed by atoms with van der Waals surface area (Å²) in [4.78, 5) is 14.1. The van der Waals surface area contributed by atoms with Gasteiger partial charge in [-0.25, -0.2) is 4.39 Å². The average molecular weight is 264 g/mol. The van der Waals surface area contributed by atoms with Crippen LogP contribution in [0.15, 0.2) is 18.2 Å². The number of hydrogen-bond acceptors (Lipinski definition) is 2. The minimum Gasteiger partial charge on any atom is -0.382 e. The van der Waals surface area contributed by atoms with Crippen LogP contribution in [-0.4, -0.2) is 30.9 Å². The number of nitrogens with zero attached hydrogens (tertiary/aromatic N) is 1. The van der Waals surface area contributed by atoms with Gasteiger partial charge in [-0.1, -0.05) is 12.5 Å². The predicted molar refractivity (Wildman–Crippen MR) is 74.9 cm³/mol. The van der Waals surface area contributed by atoms with Crippen LogP contribution in [0.4, 0.5) is 10.1 Å². The first kappa shape index (κ1) is 13.8. The minimum atomic E-state index is -0.371. The number of para-hydroxylation sites is 1. The van der Waals surface area contributed by atoms with Crippen molar-refractivity contribution in [3.63, 3.8) is 0 Å². The number of halogens is 1. The molecule has 0 saturated heterocycles. The Hall–Kier alpha value is -1.58. The molecule has 1 N–H and O–H groups in total. The smallest absolute Gasteiger partial charge is 0.255 e. The van der Waals surface area contributed by atoms with E-state index >= 15 is 0 Å². The molecule has 0 unspecified atom stereocenters. The molecule has 19 heavy (non-hydrogen) atoms. The van der Waals surface area contributed by atoms with Crippen molar-refractivity contribution in [1.82, 2.24) is 4.90 Å². The number of carbonyl (C=O) groups is 1. The summed E-state index contributed by atoms with van der Waals surface area (Å²) in [5, 5.41) is 2.94. The van der Waals surface area contributed by atoms with Crippen molar-refractivity contribution in [3.05, 3.63) is 29.6 Å². The van der Waals surface area contributed by atoms with E-state index in [1.807, 2.05) is 6.92 Å². The van der Waals surface area contributed by atoms with Crippen molar-refractivity contribution < 1.29 is 9.18 Å². The van der Waals surface area contributed by atoms with Crippen LogP contribution in [0.5, 0.6) is 0 Å². The van der Waals surface area contributed by atoms with Crippen LogP contribution in [-0.2, 0) is 0 Å². The zero-order chi connectivity index (χ0) is 13.8. The van der Waals surface area contributed by atoms with E-state index in [4.69, 9.17) is 0 Å². The molecule has 0 heterocycles. The molecular weight excluding hydrogens is 243 g/mol. The maximum Gasteiger partial charge on any atom is 0.255 e. The number of anilines is 1. The predicted octanol–water partition coefficient (Wildman–Crippen LogP) is 3.13. The SMILES string of the molecule is CCNc1c(F)cccc1C(=O)N(C)CC1CCC1. The van der Waals surface area contributed by atoms with Crippen molar-refractivity contribution >= 4 is 11.6 Å². The average Bonchev–Trinajstić information content (AvgIpc) is 2.35. The number of nitrogens with one attached hydrogen (secondary N) is 1. The zero-order valence-corrected chi connectivity index (χ0v) is 11.6. The number of benzene rings is 1. The number of hydrogen-bond donors (Lipinski definition) is 1. The molecule has 0 bridgehead atoms. The van der Waals surface area contributed by atoms with Gasteiger partial charge in [-0.05, 0) is 37.8 Å². The van der Waals surface area contributed by atoms with E-state index in [0.717, 1.165) is 6.54 Å². The Bertz CT molecular complexity index is 457. The van der Waals surface area contributed by atoms with Gasteiger partial charge in [0.1, 0.15) is 5.82 Å². The zero-order valence-electron chi connectivity index (χ0n) is 11.6. The highest BCUT2D eigenvalue weighted by molar-refractivity contribution is 5.99. The van der Waals surface area contributed by atoms with Crippen molar-refractivity contribution in [2.75, 3.05) is 25.5 Å². The third kappa shape index (κ3) is 3.06. The normalized spacial score (nSPS) is 14.9. The van der Waals surface area contributed by atoms with Crippen molar-refractivity contribution in [2.45, 2.75) is 26.2 Å². The van der Waals surface area contributed by atoms with Gasteiger partial charge >= 0.3 is 0 Å². The number of amides is 1. The summed E-state index contributed by atoms with van der Waals surface area (Å²) < 4.78 is 13.8. The monoisotopic (exact) mass is 264 g/mol. The molecule has 1 aromatic carbocycles. The second-order valence-corrected chi connectivity index (χ2v) is 5.18. The second kappa shape index (κ2) is 6.04. The van der Waals surface area contributed by atoms with Crippen LogP contribution in [0, 0.1) is 11.7 Å². The summed E-state index contributed by atoms with van der Waals surface area (Å²) in [6, 6.07) is 4.64. The van der Waals surface area contributed by atoms with E-state index in [9.17, 15) is 9.18 Å². The summed E-state index contributed by atoms with van der Waals surface area (Å²) in [6.07, 6.45) is 3.65. The van der Waals surface area contributed by atoms with Gasteiger partial charge in [-0.3, -0.25) is 4.79 Å². The van der Waals surface area contributed by atoms with E-state index < -0.39 is 0 Å². The first-order valence-corrected chi connectivity index (χ1v) is 6.91. The molecule has 0 atom stereocenters. The van der Waals surface area contributed by atoms with E-state index in [1.165, 1.54) is 25.3 Å². The highest BCUT2D eigenvalue weighted by atomic mass is 19.1. The van der Waals surface area contributed by atoms with E-state index in [1.54, 1.807) is 24.1 Å². The maximum atomic E-state index is 13.8. The maximum absolute atomic E-state index is 13.8. The summed E-state index contributed by atoms with van der Waals surface area (Å²) >= 11 is 0. The molecule has 3 nitrogen and oxygen atoms in total. The second-order valence-electron chi connectivity index (χ2n) is 5.18. The molecule has 0 aromatic heterocycles. The third-order valence-corrected chi connectivity index (χ3v) is 3.70. The van der Waals surface area contributed by atoms with E-state index in [0.29, 0.717) is 23.7 Å². The highest BCUT2D eigenvalue weighted by Crippen LogP contribution is 2.28. The van der Waals surface area contributed by atoms with Crippen LogP contribution in [0.3, 0.4) is 0 Å². The minimum absolute atomic E-state index is 0.109. The Kier molecular flexibility index (Phi) is 4.40. The molecular formula is C15H21FN2O. The lowest BCUT2D eigenvalue weighted by molar-refractivity contribution is 0.0746. The highest BCUT2D eigenvalue weighted by Gasteiger charge is 2.23. The molecule has 1 aromatic rings. The summed E-state index contributed by atoms with van der Waals surface area (Å²) in [7, 11) is 1.79. The van der Waals surface area contributed by atoms with Gasteiger partial charge < -0.3 is 10.2 Å². The van der Waals surface area contributed by atoms with Crippen molar-refractivity contribution in [1.29, 1.82) is 0 Å². The Morgan fingerprint density at radius 3 is 2.79 bits per heavy atom. The van der Waals surface area contributed by atoms with Crippen LogP contribution in [0.1, 0.15) is 36.5 Å². The fraction of sp³-hybridized carbons (Fsp3) is 0.533. The molecule has 104 valence electrons. The van der Waals surface area contributed by atoms with Crippen molar-refractivity contribution in [3.8, 4) is 0 Å². The van der Waals surface area contributed by atoms with Crippen LogP contribution in [0.2, 0.25) is 0 Å². The van der Waals surface area contributed by atoms with E-state index in [2.05, 4.69) is 5.32 Å². The molecule has 2 rings (SSSR count). The lowest BCUT2D eigenvalue weighted by atomic mass is 9.85. The van der Waals surface area contributed by atoms with Crippen LogP contribution >= 0.6 is 0 Å². The summed E-state index contributed by atoms with van der Waals surface area (Å²) in [5.74, 6) is 0.136. The quantitative estimate of drug-likeness (QED) is 0.886. The Labute approximate surface area is 113 Å². The van der Waals surface area contributed by atoms with Gasteiger partial charge in [0, 0.05) is 20.1 Å². The van der Waals surface area contributed by atoms with Crippen LogP contribution < -0.4 is 5.32 Å². The van der Waals surface area contributed by atoms with Gasteiger partial charge in [-0.15, -0.1) is 0 Å². The molecule has 1 amide bonds. The van der Waals surface area contributed by atoms with Gasteiger partial charge in [-0.2, -0.15) is 0 Å². The Morgan fingerprint density at radius 1 is 1.47 bits per heavy atom.